The van der Waals surface area contributed by atoms with Crippen molar-refractivity contribution in [3.05, 3.63) is 34.9 Å². The Bertz CT molecular complexity index is 684. The van der Waals surface area contributed by atoms with Crippen LogP contribution in [0.2, 0.25) is 0 Å². The highest BCUT2D eigenvalue weighted by atomic mass is 16.3. The molecule has 1 aromatic rings. The third-order valence-electron chi connectivity index (χ3n) is 4.89. The van der Waals surface area contributed by atoms with E-state index in [0.717, 1.165) is 5.56 Å². The largest absolute Gasteiger partial charge is 0.369 e. The summed E-state index contributed by atoms with van der Waals surface area (Å²) in [5, 5.41) is 13.6. The molecule has 3 rings (SSSR count). The van der Waals surface area contributed by atoms with E-state index < -0.39 is 22.8 Å². The monoisotopic (exact) mass is 301 g/mol. The molecule has 1 aliphatic carbocycles. The van der Waals surface area contributed by atoms with Crippen molar-refractivity contribution in [2.75, 3.05) is 0 Å². The van der Waals surface area contributed by atoms with E-state index in [2.05, 4.69) is 5.32 Å². The smallest absolute Gasteiger partial charge is 0.265 e. The standard InChI is InChI=1S/C17H19NO4/c1-10-3-4-11(2)13(9-10)17(22)14(20)16(18-15(17)21)7-5-12(19)6-8-16/h3-4,9,22H,5-8H2,1-2H3,(H,18,21). The molecule has 116 valence electrons. The van der Waals surface area contributed by atoms with Gasteiger partial charge in [0.05, 0.1) is 0 Å². The molecule has 1 unspecified atom stereocenters. The van der Waals surface area contributed by atoms with Gasteiger partial charge in [0, 0.05) is 18.4 Å². The van der Waals surface area contributed by atoms with Crippen LogP contribution in [0.1, 0.15) is 42.4 Å². The molecule has 1 amide bonds. The van der Waals surface area contributed by atoms with E-state index in [-0.39, 0.29) is 31.5 Å². The molecule has 5 heteroatoms. The highest BCUT2D eigenvalue weighted by molar-refractivity contribution is 6.20. The Morgan fingerprint density at radius 1 is 1.09 bits per heavy atom. The molecule has 2 N–H and O–H groups in total. The maximum Gasteiger partial charge on any atom is 0.265 e. The van der Waals surface area contributed by atoms with Gasteiger partial charge >= 0.3 is 0 Å². The third-order valence-corrected chi connectivity index (χ3v) is 4.89. The number of rotatable bonds is 1. The molecule has 5 nitrogen and oxygen atoms in total. The summed E-state index contributed by atoms with van der Waals surface area (Å²) in [6.07, 6.45) is 1.05. The maximum atomic E-state index is 12.9. The van der Waals surface area contributed by atoms with Crippen molar-refractivity contribution in [1.82, 2.24) is 5.32 Å². The van der Waals surface area contributed by atoms with Gasteiger partial charge in [-0.15, -0.1) is 0 Å². The minimum atomic E-state index is -2.16. The molecule has 1 aromatic carbocycles. The van der Waals surface area contributed by atoms with E-state index >= 15 is 0 Å². The van der Waals surface area contributed by atoms with Gasteiger partial charge in [0.2, 0.25) is 11.4 Å². The first-order valence-electron chi connectivity index (χ1n) is 7.49. The van der Waals surface area contributed by atoms with Crippen molar-refractivity contribution < 1.29 is 19.5 Å². The molecule has 1 atom stereocenters. The second kappa shape index (κ2) is 4.74. The van der Waals surface area contributed by atoms with Gasteiger partial charge in [-0.2, -0.15) is 0 Å². The molecule has 1 spiro atoms. The molecular formula is C17H19NO4. The number of hydrogen-bond acceptors (Lipinski definition) is 4. The number of Topliss-reactive ketones (excluding diaryl/α,β-unsaturated/α-hetero) is 2. The van der Waals surface area contributed by atoms with E-state index in [4.69, 9.17) is 0 Å². The van der Waals surface area contributed by atoms with Gasteiger partial charge in [0.15, 0.2) is 0 Å². The first-order chi connectivity index (χ1) is 10.3. The van der Waals surface area contributed by atoms with Gasteiger partial charge in [0.25, 0.3) is 5.91 Å². The molecule has 1 saturated carbocycles. The number of nitrogens with one attached hydrogen (secondary N) is 1. The average molecular weight is 301 g/mol. The summed E-state index contributed by atoms with van der Waals surface area (Å²) < 4.78 is 0. The van der Waals surface area contributed by atoms with Crippen molar-refractivity contribution in [2.24, 2.45) is 0 Å². The van der Waals surface area contributed by atoms with Gasteiger partial charge in [0.1, 0.15) is 11.3 Å². The van der Waals surface area contributed by atoms with E-state index in [0.29, 0.717) is 11.1 Å². The van der Waals surface area contributed by atoms with Crippen LogP contribution in [0.4, 0.5) is 0 Å². The number of benzene rings is 1. The molecule has 0 bridgehead atoms. The van der Waals surface area contributed by atoms with Crippen molar-refractivity contribution in [2.45, 2.75) is 50.7 Å². The maximum absolute atomic E-state index is 12.9. The Morgan fingerprint density at radius 2 is 1.73 bits per heavy atom. The zero-order chi connectivity index (χ0) is 16.1. The van der Waals surface area contributed by atoms with E-state index in [1.807, 2.05) is 13.0 Å². The van der Waals surface area contributed by atoms with E-state index in [1.54, 1.807) is 19.1 Å². The van der Waals surface area contributed by atoms with Crippen LogP contribution < -0.4 is 5.32 Å². The number of aliphatic hydroxyl groups is 1. The highest BCUT2D eigenvalue weighted by Gasteiger charge is 2.63. The average Bonchev–Trinajstić information content (AvgIpc) is 2.67. The van der Waals surface area contributed by atoms with Crippen molar-refractivity contribution in [3.8, 4) is 0 Å². The lowest BCUT2D eigenvalue weighted by molar-refractivity contribution is -0.147. The first kappa shape index (κ1) is 14.9. The fraction of sp³-hybridized carbons (Fsp3) is 0.471. The molecule has 22 heavy (non-hydrogen) atoms. The van der Waals surface area contributed by atoms with Gasteiger partial charge in [-0.25, -0.2) is 0 Å². The first-order valence-corrected chi connectivity index (χ1v) is 7.49. The fourth-order valence-corrected chi connectivity index (χ4v) is 3.49. The molecule has 1 aliphatic heterocycles. The quantitative estimate of drug-likeness (QED) is 0.760. The van der Waals surface area contributed by atoms with Crippen LogP contribution in [-0.4, -0.2) is 28.1 Å². The lowest BCUT2D eigenvalue weighted by atomic mass is 9.74. The predicted octanol–water partition coefficient (Wildman–Crippen LogP) is 1.07. The summed E-state index contributed by atoms with van der Waals surface area (Å²) in [6.45, 7) is 3.61. The number of carbonyl (C=O) groups excluding carboxylic acids is 3. The van der Waals surface area contributed by atoms with Gasteiger partial charge in [-0.1, -0.05) is 23.8 Å². The normalized spacial score (nSPS) is 27.3. The Morgan fingerprint density at radius 3 is 2.36 bits per heavy atom. The van der Waals surface area contributed by atoms with Gasteiger partial charge in [-0.05, 0) is 32.3 Å². The van der Waals surface area contributed by atoms with Crippen LogP contribution in [-0.2, 0) is 20.0 Å². The molecule has 1 saturated heterocycles. The number of ketones is 2. The zero-order valence-electron chi connectivity index (χ0n) is 12.7. The molecule has 2 fully saturated rings. The molecule has 0 aromatic heterocycles. The Labute approximate surface area is 128 Å². The number of aryl methyl sites for hydroxylation is 2. The van der Waals surface area contributed by atoms with Gasteiger partial charge < -0.3 is 10.4 Å². The Kier molecular flexibility index (Phi) is 3.22. The summed E-state index contributed by atoms with van der Waals surface area (Å²) in [5.74, 6) is -1.11. The van der Waals surface area contributed by atoms with Crippen molar-refractivity contribution >= 4 is 17.5 Å². The highest BCUT2D eigenvalue weighted by Crippen LogP contribution is 2.41. The van der Waals surface area contributed by atoms with Gasteiger partial charge in [-0.3, -0.25) is 14.4 Å². The van der Waals surface area contributed by atoms with Crippen molar-refractivity contribution in [3.63, 3.8) is 0 Å². The minimum Gasteiger partial charge on any atom is -0.369 e. The number of carbonyl (C=O) groups is 3. The Hall–Kier alpha value is -2.01. The van der Waals surface area contributed by atoms with E-state index in [9.17, 15) is 19.5 Å². The topological polar surface area (TPSA) is 83.5 Å². The summed E-state index contributed by atoms with van der Waals surface area (Å²) in [4.78, 5) is 36.8. The lowest BCUT2D eigenvalue weighted by Crippen LogP contribution is -2.50. The summed E-state index contributed by atoms with van der Waals surface area (Å²) >= 11 is 0. The molecule has 0 radical (unpaired) electrons. The zero-order valence-corrected chi connectivity index (χ0v) is 12.7. The Balaban J connectivity index is 2.07. The van der Waals surface area contributed by atoms with Crippen molar-refractivity contribution in [1.29, 1.82) is 0 Å². The van der Waals surface area contributed by atoms with Crippen LogP contribution in [0.5, 0.6) is 0 Å². The summed E-state index contributed by atoms with van der Waals surface area (Å²) in [5.41, 5.74) is -1.36. The van der Waals surface area contributed by atoms with Crippen LogP contribution in [0.15, 0.2) is 18.2 Å². The van der Waals surface area contributed by atoms with Crippen LogP contribution >= 0.6 is 0 Å². The molecular weight excluding hydrogens is 282 g/mol. The fourth-order valence-electron chi connectivity index (χ4n) is 3.49. The minimum absolute atomic E-state index is 0.0925. The number of amides is 1. The van der Waals surface area contributed by atoms with Crippen LogP contribution in [0.25, 0.3) is 0 Å². The summed E-state index contributed by atoms with van der Waals surface area (Å²) in [6, 6.07) is 5.34. The third kappa shape index (κ3) is 1.92. The predicted molar refractivity (Wildman–Crippen MR) is 79.2 cm³/mol. The lowest BCUT2D eigenvalue weighted by Gasteiger charge is -2.31. The molecule has 2 aliphatic rings. The van der Waals surface area contributed by atoms with Crippen LogP contribution in [0.3, 0.4) is 0 Å². The van der Waals surface area contributed by atoms with Crippen LogP contribution in [0, 0.1) is 13.8 Å². The second-order valence-electron chi connectivity index (χ2n) is 6.43. The summed E-state index contributed by atoms with van der Waals surface area (Å²) in [7, 11) is 0. The number of hydrogen-bond donors (Lipinski definition) is 2. The SMILES string of the molecule is Cc1ccc(C)c(C2(O)C(=O)NC3(CCC(=O)CC3)C2=O)c1. The van der Waals surface area contributed by atoms with E-state index in [1.165, 1.54) is 0 Å². The molecule has 1 heterocycles. The second-order valence-corrected chi connectivity index (χ2v) is 6.43.